The van der Waals surface area contributed by atoms with Crippen LogP contribution >= 0.6 is 0 Å². The maximum atomic E-state index is 10.7. The number of nitro groups is 1. The van der Waals surface area contributed by atoms with Gasteiger partial charge in [-0.25, -0.2) is 0 Å². The number of nitrogens with zero attached hydrogens (tertiary/aromatic N) is 1. The summed E-state index contributed by atoms with van der Waals surface area (Å²) < 4.78 is 18.1. The van der Waals surface area contributed by atoms with Crippen molar-refractivity contribution in [2.45, 2.75) is 0 Å². The van der Waals surface area contributed by atoms with Crippen molar-refractivity contribution in [3.05, 3.63) is 81.9 Å². The Hall–Kier alpha value is -2.89. The molecule has 0 fully saturated rings. The minimum absolute atomic E-state index is 0.0594. The Bertz CT molecular complexity index is 942. The van der Waals surface area contributed by atoms with Gasteiger partial charge in [0.25, 0.3) is 0 Å². The summed E-state index contributed by atoms with van der Waals surface area (Å²) in [7, 11) is 1.63. The predicted molar refractivity (Wildman–Crippen MR) is 95.0 cm³/mol. The van der Waals surface area contributed by atoms with E-state index in [1.807, 2.05) is 36.4 Å². The van der Waals surface area contributed by atoms with Crippen LogP contribution in [0.15, 0.2) is 60.7 Å². The van der Waals surface area contributed by atoms with Gasteiger partial charge in [0.05, 0.1) is 0 Å². The molecule has 2 aromatic rings. The molecule has 6 nitrogen and oxygen atoms in total. The average Bonchev–Trinajstić information content (AvgIpc) is 3.21. The summed E-state index contributed by atoms with van der Waals surface area (Å²) in [6.07, 6.45) is 3.94. The molecule has 0 aromatic heterocycles. The average molecular weight is 402 g/mol. The van der Waals surface area contributed by atoms with E-state index in [1.165, 1.54) is 12.1 Å². The third-order valence-electron chi connectivity index (χ3n) is 3.81. The number of benzene rings is 2. The first-order chi connectivity index (χ1) is 12.1. The summed E-state index contributed by atoms with van der Waals surface area (Å²) in [6, 6.07) is 14.0. The fourth-order valence-corrected chi connectivity index (χ4v) is 5.10. The van der Waals surface area contributed by atoms with E-state index >= 15 is 0 Å². The van der Waals surface area contributed by atoms with Crippen LogP contribution in [0.3, 0.4) is 0 Å². The van der Waals surface area contributed by atoms with Crippen LogP contribution in [-0.2, 0) is 7.64 Å². The second-order valence-corrected chi connectivity index (χ2v) is 8.03. The topological polar surface area (TPSA) is 70.8 Å². The normalized spacial score (nSPS) is 18.0. The summed E-state index contributed by atoms with van der Waals surface area (Å²) >= 11 is -1.83. The van der Waals surface area contributed by atoms with Gasteiger partial charge >= 0.3 is 148 Å². The minimum atomic E-state index is -1.83. The first-order valence-corrected chi connectivity index (χ1v) is 9.70. The molecule has 2 aliphatic rings. The van der Waals surface area contributed by atoms with Crippen molar-refractivity contribution in [1.82, 2.24) is 0 Å². The van der Waals surface area contributed by atoms with E-state index in [-0.39, 0.29) is 5.69 Å². The van der Waals surface area contributed by atoms with Crippen LogP contribution < -0.4 is 4.74 Å². The fraction of sp³-hybridized carbons (Fsp3) is 0.0556. The SMILES string of the molecule is COc1ccc(C2=CC3=[Se](O2)OC(c2ccc([N+](=O)[O-])cc2)=C3)cc1. The summed E-state index contributed by atoms with van der Waals surface area (Å²) in [5.74, 6) is 2.28. The van der Waals surface area contributed by atoms with Crippen LogP contribution in [-0.4, -0.2) is 30.6 Å². The Morgan fingerprint density at radius 2 is 1.44 bits per heavy atom. The standard InChI is InChI=1S/C18H13NO5Se/c1-22-15-8-4-13(5-9-15)18-11-16-10-17(23-25(16)24-18)12-2-6-14(7-3-12)19(20)21/h2-11H,1H3. The van der Waals surface area contributed by atoms with Crippen molar-refractivity contribution in [3.8, 4) is 5.75 Å². The molecule has 0 spiro atoms. The molecular weight excluding hydrogens is 389 g/mol. The van der Waals surface area contributed by atoms with Gasteiger partial charge in [-0.05, 0) is 0 Å². The maximum absolute atomic E-state index is 10.7. The van der Waals surface area contributed by atoms with Gasteiger partial charge in [0.1, 0.15) is 0 Å². The Balaban J connectivity index is 1.54. The van der Waals surface area contributed by atoms with E-state index in [1.54, 1.807) is 19.2 Å². The van der Waals surface area contributed by atoms with Gasteiger partial charge in [-0.15, -0.1) is 0 Å². The monoisotopic (exact) mass is 403 g/mol. The summed E-state index contributed by atoms with van der Waals surface area (Å²) in [5.41, 5.74) is 1.84. The molecule has 7 heteroatoms. The molecule has 0 saturated carbocycles. The van der Waals surface area contributed by atoms with E-state index in [0.29, 0.717) is 5.76 Å². The Labute approximate surface area is 148 Å². The predicted octanol–water partition coefficient (Wildman–Crippen LogP) is 3.29. The van der Waals surface area contributed by atoms with Gasteiger partial charge in [-0.2, -0.15) is 0 Å². The van der Waals surface area contributed by atoms with Gasteiger partial charge < -0.3 is 0 Å². The van der Waals surface area contributed by atoms with Crippen LogP contribution in [0.5, 0.6) is 5.75 Å². The van der Waals surface area contributed by atoms with E-state index in [4.69, 9.17) is 12.4 Å². The van der Waals surface area contributed by atoms with Crippen molar-refractivity contribution in [1.29, 1.82) is 0 Å². The van der Waals surface area contributed by atoms with E-state index in [2.05, 4.69) is 0 Å². The molecule has 0 radical (unpaired) electrons. The van der Waals surface area contributed by atoms with Crippen molar-refractivity contribution in [2.24, 2.45) is 0 Å². The summed E-state index contributed by atoms with van der Waals surface area (Å²) in [5, 5.41) is 10.7. The number of non-ortho nitro benzene ring substituents is 1. The molecule has 25 heavy (non-hydrogen) atoms. The van der Waals surface area contributed by atoms with Crippen molar-refractivity contribution in [2.75, 3.05) is 7.11 Å². The van der Waals surface area contributed by atoms with E-state index in [9.17, 15) is 10.1 Å². The molecule has 1 atom stereocenters. The number of methoxy groups -OCH3 is 1. The van der Waals surface area contributed by atoms with Gasteiger partial charge in [0, 0.05) is 0 Å². The molecule has 126 valence electrons. The van der Waals surface area contributed by atoms with Gasteiger partial charge in [0.15, 0.2) is 0 Å². The molecular formula is C18H13NO5Se. The molecule has 2 heterocycles. The van der Waals surface area contributed by atoms with Crippen LogP contribution in [0.4, 0.5) is 5.69 Å². The molecule has 4 rings (SSSR count). The van der Waals surface area contributed by atoms with Crippen molar-refractivity contribution >= 4 is 35.7 Å². The van der Waals surface area contributed by atoms with Crippen molar-refractivity contribution in [3.63, 3.8) is 0 Å². The second-order valence-electron chi connectivity index (χ2n) is 5.35. The van der Waals surface area contributed by atoms with Crippen molar-refractivity contribution < 1.29 is 17.3 Å². The third-order valence-corrected chi connectivity index (χ3v) is 6.50. The Kier molecular flexibility index (Phi) is 3.87. The zero-order chi connectivity index (χ0) is 17.4. The number of rotatable bonds is 4. The van der Waals surface area contributed by atoms with Gasteiger partial charge in [-0.1, -0.05) is 0 Å². The second kappa shape index (κ2) is 6.20. The number of nitro benzene ring substituents is 1. The number of hydrogen-bond acceptors (Lipinski definition) is 5. The number of ether oxygens (including phenoxy) is 1. The Morgan fingerprint density at radius 3 is 1.88 bits per heavy atom. The molecule has 2 aliphatic heterocycles. The third kappa shape index (κ3) is 2.95. The summed E-state index contributed by atoms with van der Waals surface area (Å²) in [6.45, 7) is 0. The molecule has 0 N–H and O–H groups in total. The fourth-order valence-electron chi connectivity index (χ4n) is 2.49. The Morgan fingerprint density at radius 1 is 0.920 bits per heavy atom. The van der Waals surface area contributed by atoms with E-state index in [0.717, 1.165) is 27.1 Å². The molecule has 0 aliphatic carbocycles. The zero-order valence-corrected chi connectivity index (χ0v) is 14.9. The molecule has 0 saturated heterocycles. The first-order valence-electron chi connectivity index (χ1n) is 7.44. The number of hydrogen-bond donors (Lipinski definition) is 0. The van der Waals surface area contributed by atoms with Crippen LogP contribution in [0, 0.1) is 10.1 Å². The molecule has 0 amide bonds. The van der Waals surface area contributed by atoms with Gasteiger partial charge in [0.2, 0.25) is 0 Å². The summed E-state index contributed by atoms with van der Waals surface area (Å²) in [4.78, 5) is 10.3. The number of allylic oxidation sites excluding steroid dienone is 2. The molecule has 0 bridgehead atoms. The van der Waals surface area contributed by atoms with Crippen LogP contribution in [0.25, 0.3) is 11.5 Å². The quantitative estimate of drug-likeness (QED) is 0.446. The van der Waals surface area contributed by atoms with Crippen LogP contribution in [0.2, 0.25) is 0 Å². The van der Waals surface area contributed by atoms with Gasteiger partial charge in [-0.3, -0.25) is 0 Å². The molecule has 1 unspecified atom stereocenters. The zero-order valence-electron chi connectivity index (χ0n) is 13.2. The molecule has 2 aromatic carbocycles. The van der Waals surface area contributed by atoms with Crippen LogP contribution in [0.1, 0.15) is 11.1 Å². The first kappa shape index (κ1) is 15.6. The van der Waals surface area contributed by atoms with E-state index < -0.39 is 19.0 Å².